The Kier molecular flexibility index (Phi) is 9.62. The molecule has 4 aromatic rings. The molecule has 256 valence electrons. The molecule has 4 rings (SSSR count). The van der Waals surface area contributed by atoms with Gasteiger partial charge in [-0.25, -0.2) is 8.78 Å². The minimum atomic E-state index is -10.7. The van der Waals surface area contributed by atoms with Gasteiger partial charge in [0.15, 0.2) is 4.90 Å². The average Bonchev–Trinajstić information content (AvgIpc) is 2.96. The zero-order valence-electron chi connectivity index (χ0n) is 24.7. The molecule has 0 saturated heterocycles. The molecule has 47 heavy (non-hydrogen) atoms. The molecule has 0 radical (unpaired) electrons. The van der Waals surface area contributed by atoms with Crippen LogP contribution in [0.1, 0.15) is 55.7 Å². The van der Waals surface area contributed by atoms with Crippen molar-refractivity contribution in [2.75, 3.05) is 0 Å². The Bertz CT molecular complexity index is 1650. The minimum Gasteiger partial charge on any atom is -0.429 e. The number of halogens is 11. The van der Waals surface area contributed by atoms with E-state index in [0.717, 1.165) is 92.6 Å². The SMILES string of the molecule is CCCCCCCc1ccc(C(F)(F)Oc2ccc(C(F)(F)Oc3ccc(-c4cc(F)c(S(F)(F)(F)(F)F)c(F)c4)cc3)cc2)cc1. The van der Waals surface area contributed by atoms with Gasteiger partial charge < -0.3 is 9.47 Å². The molecule has 0 aliphatic heterocycles. The third-order valence-electron chi connectivity index (χ3n) is 7.11. The van der Waals surface area contributed by atoms with E-state index in [2.05, 4.69) is 11.7 Å². The third-order valence-corrected chi connectivity index (χ3v) is 8.27. The van der Waals surface area contributed by atoms with E-state index in [1.165, 1.54) is 12.1 Å². The van der Waals surface area contributed by atoms with E-state index in [9.17, 15) is 45.8 Å². The Morgan fingerprint density at radius 1 is 0.553 bits per heavy atom. The van der Waals surface area contributed by atoms with E-state index in [1.807, 2.05) is 0 Å². The first kappa shape index (κ1) is 35.9. The summed E-state index contributed by atoms with van der Waals surface area (Å²) < 4.78 is 162. The van der Waals surface area contributed by atoms with Gasteiger partial charge in [0, 0.05) is 0 Å². The van der Waals surface area contributed by atoms with Crippen LogP contribution in [0.4, 0.5) is 45.8 Å². The molecule has 0 unspecified atom stereocenters. The fraction of sp³-hybridized carbons (Fsp3) is 0.273. The van der Waals surface area contributed by atoms with Gasteiger partial charge >= 0.3 is 22.4 Å². The summed E-state index contributed by atoms with van der Waals surface area (Å²) >= 11 is 0. The monoisotopic (exact) mass is 698 g/mol. The molecule has 0 heterocycles. The lowest BCUT2D eigenvalue weighted by Gasteiger charge is -2.40. The fourth-order valence-electron chi connectivity index (χ4n) is 4.74. The van der Waals surface area contributed by atoms with Crippen molar-refractivity contribution in [2.24, 2.45) is 0 Å². The standard InChI is InChI=1S/C33H29F11O2S/c1-2-3-4-5-6-7-22-8-12-25(13-9-22)32(36,37)46-28-18-14-26(15-19-28)33(38,39)45-27-16-10-23(11-17-27)24-20-29(34)31(30(35)21-24)47(40,41,42,43)44/h8-21H,2-7H2,1H3. The average molecular weight is 699 g/mol. The molecule has 0 bridgehead atoms. The number of rotatable bonds is 14. The Morgan fingerprint density at radius 2 is 0.979 bits per heavy atom. The van der Waals surface area contributed by atoms with Gasteiger partial charge in [-0.2, -0.15) is 17.6 Å². The highest BCUT2D eigenvalue weighted by Crippen LogP contribution is 3.02. The van der Waals surface area contributed by atoms with Crippen LogP contribution >= 0.6 is 10.2 Å². The number of aryl methyl sites for hydroxylation is 1. The second kappa shape index (κ2) is 12.6. The molecule has 0 aromatic heterocycles. The van der Waals surface area contributed by atoms with Gasteiger partial charge in [-0.15, -0.1) is 0 Å². The van der Waals surface area contributed by atoms with Crippen molar-refractivity contribution in [3.8, 4) is 22.6 Å². The quantitative estimate of drug-likeness (QED) is 0.0964. The van der Waals surface area contributed by atoms with Crippen LogP contribution in [0.15, 0.2) is 89.8 Å². The highest BCUT2D eigenvalue weighted by atomic mass is 32.5. The number of benzene rings is 4. The van der Waals surface area contributed by atoms with Crippen LogP contribution in [0.2, 0.25) is 0 Å². The summed E-state index contributed by atoms with van der Waals surface area (Å²) in [6, 6.07) is 12.8. The lowest BCUT2D eigenvalue weighted by atomic mass is 10.0. The molecule has 4 aromatic carbocycles. The molecule has 0 atom stereocenters. The van der Waals surface area contributed by atoms with Crippen LogP contribution in [0, 0.1) is 11.6 Å². The maximum Gasteiger partial charge on any atom is 0.426 e. The van der Waals surface area contributed by atoms with Crippen molar-refractivity contribution < 1.29 is 55.2 Å². The van der Waals surface area contributed by atoms with Gasteiger partial charge in [-0.3, -0.25) is 0 Å². The maximum atomic E-state index is 14.8. The van der Waals surface area contributed by atoms with E-state index in [4.69, 9.17) is 4.74 Å². The molecule has 0 spiro atoms. The third kappa shape index (κ3) is 9.33. The maximum absolute atomic E-state index is 14.8. The fourth-order valence-corrected chi connectivity index (χ4v) is 5.59. The van der Waals surface area contributed by atoms with Crippen molar-refractivity contribution in [1.82, 2.24) is 0 Å². The molecule has 14 heteroatoms. The van der Waals surface area contributed by atoms with Crippen LogP contribution in [0.25, 0.3) is 11.1 Å². The first-order valence-corrected chi connectivity index (χ1v) is 16.3. The van der Waals surface area contributed by atoms with Crippen LogP contribution < -0.4 is 9.47 Å². The predicted molar refractivity (Wildman–Crippen MR) is 158 cm³/mol. The Labute approximate surface area is 263 Å². The number of ether oxygens (including phenoxy) is 2. The van der Waals surface area contributed by atoms with Gasteiger partial charge in [0.2, 0.25) is 0 Å². The summed E-state index contributed by atoms with van der Waals surface area (Å²) in [5.74, 6) is -6.00. The molecule has 2 nitrogen and oxygen atoms in total. The van der Waals surface area contributed by atoms with Crippen LogP contribution in [0.5, 0.6) is 11.5 Å². The van der Waals surface area contributed by atoms with E-state index in [1.54, 1.807) is 12.1 Å². The van der Waals surface area contributed by atoms with Crippen molar-refractivity contribution >= 4 is 10.2 Å². The van der Waals surface area contributed by atoms with Crippen molar-refractivity contribution in [2.45, 2.75) is 62.6 Å². The molecule has 0 aliphatic carbocycles. The lowest BCUT2D eigenvalue weighted by molar-refractivity contribution is -0.187. The molecule has 0 amide bonds. The zero-order chi connectivity index (χ0) is 34.7. The summed E-state index contributed by atoms with van der Waals surface area (Å²) in [5, 5.41) is 0. The van der Waals surface area contributed by atoms with Crippen LogP contribution in [-0.4, -0.2) is 0 Å². The smallest absolute Gasteiger partial charge is 0.426 e. The largest absolute Gasteiger partial charge is 0.429 e. The number of hydrogen-bond acceptors (Lipinski definition) is 2. The van der Waals surface area contributed by atoms with E-state index in [0.29, 0.717) is 0 Å². The summed E-state index contributed by atoms with van der Waals surface area (Å²) in [6.45, 7) is 2.11. The van der Waals surface area contributed by atoms with Gasteiger partial charge in [-0.05, 0) is 90.2 Å². The van der Waals surface area contributed by atoms with E-state index >= 15 is 0 Å². The van der Waals surface area contributed by atoms with Crippen molar-refractivity contribution in [3.63, 3.8) is 0 Å². The predicted octanol–water partition coefficient (Wildman–Crippen LogP) is 13.1. The molecular weight excluding hydrogens is 669 g/mol. The van der Waals surface area contributed by atoms with Gasteiger partial charge in [0.25, 0.3) is 0 Å². The van der Waals surface area contributed by atoms with E-state index in [-0.39, 0.29) is 17.7 Å². The molecule has 0 aliphatic rings. The second-order valence-electron chi connectivity index (χ2n) is 10.9. The summed E-state index contributed by atoms with van der Waals surface area (Å²) in [4.78, 5) is -3.29. The molecule has 0 saturated carbocycles. The Morgan fingerprint density at radius 3 is 1.43 bits per heavy atom. The molecular formula is C33H29F11O2S. The van der Waals surface area contributed by atoms with Crippen molar-refractivity contribution in [1.29, 1.82) is 0 Å². The topological polar surface area (TPSA) is 18.5 Å². The lowest BCUT2D eigenvalue weighted by Crippen LogP contribution is -2.23. The second-order valence-corrected chi connectivity index (χ2v) is 13.2. The number of unbranched alkanes of at least 4 members (excludes halogenated alkanes) is 4. The molecule has 0 N–H and O–H groups in total. The first-order valence-electron chi connectivity index (χ1n) is 14.4. The Balaban J connectivity index is 1.40. The van der Waals surface area contributed by atoms with Crippen LogP contribution in [0.3, 0.4) is 0 Å². The normalized spacial score (nSPS) is 14.0. The first-order chi connectivity index (χ1) is 21.7. The summed E-state index contributed by atoms with van der Waals surface area (Å²) in [5.41, 5.74) is -1.06. The number of alkyl halides is 4. The summed E-state index contributed by atoms with van der Waals surface area (Å²) in [7, 11) is -10.7. The zero-order valence-corrected chi connectivity index (χ0v) is 25.5. The highest BCUT2D eigenvalue weighted by Gasteiger charge is 2.68. The van der Waals surface area contributed by atoms with Crippen molar-refractivity contribution in [3.05, 3.63) is 113 Å². The number of hydrogen-bond donors (Lipinski definition) is 0. The van der Waals surface area contributed by atoms with Gasteiger partial charge in [0.05, 0.1) is 11.1 Å². The summed E-state index contributed by atoms with van der Waals surface area (Å²) in [6.07, 6.45) is -1.67. The molecule has 0 fully saturated rings. The van der Waals surface area contributed by atoms with Crippen LogP contribution in [-0.2, 0) is 18.6 Å². The van der Waals surface area contributed by atoms with E-state index < -0.39 is 67.2 Å². The van der Waals surface area contributed by atoms with Gasteiger partial charge in [0.1, 0.15) is 23.1 Å². The Hall–Kier alpha value is -3.94. The van der Waals surface area contributed by atoms with Gasteiger partial charge in [-0.1, -0.05) is 76.3 Å². The minimum absolute atomic E-state index is 0.0411. The highest BCUT2D eigenvalue weighted by molar-refractivity contribution is 8.45.